The summed E-state index contributed by atoms with van der Waals surface area (Å²) in [4.78, 5) is 0. The van der Waals surface area contributed by atoms with Gasteiger partial charge in [-0.2, -0.15) is 5.26 Å². The average Bonchev–Trinajstić information content (AvgIpc) is 2.61. The van der Waals surface area contributed by atoms with E-state index in [9.17, 15) is 0 Å². The summed E-state index contributed by atoms with van der Waals surface area (Å²) in [5.74, 6) is 3.18. The van der Waals surface area contributed by atoms with Gasteiger partial charge >= 0.3 is 0 Å². The molecule has 0 unspecified atom stereocenters. The molecule has 2 saturated carbocycles. The van der Waals surface area contributed by atoms with E-state index in [1.165, 1.54) is 77.0 Å². The Labute approximate surface area is 143 Å². The summed E-state index contributed by atoms with van der Waals surface area (Å²) >= 11 is 0. The fourth-order valence-electron chi connectivity index (χ4n) is 4.70. The minimum atomic E-state index is 0.632. The van der Waals surface area contributed by atoms with E-state index in [0.717, 1.165) is 17.8 Å². The van der Waals surface area contributed by atoms with Gasteiger partial charge in [0, 0.05) is 6.08 Å². The highest BCUT2D eigenvalue weighted by molar-refractivity contribution is 5.10. The summed E-state index contributed by atoms with van der Waals surface area (Å²) in [5, 5.41) is 8.65. The summed E-state index contributed by atoms with van der Waals surface area (Å²) in [6, 6.07) is 2.12. The number of hydrogen-bond acceptors (Lipinski definition) is 1. The summed E-state index contributed by atoms with van der Waals surface area (Å²) in [6.07, 6.45) is 20.2. The van der Waals surface area contributed by atoms with Crippen molar-refractivity contribution < 1.29 is 0 Å². The van der Waals surface area contributed by atoms with Crippen LogP contribution in [0, 0.1) is 35.0 Å². The first-order valence-corrected chi connectivity index (χ1v) is 9.99. The number of rotatable bonds is 7. The van der Waals surface area contributed by atoms with E-state index in [2.05, 4.69) is 25.6 Å². The predicted molar refractivity (Wildman–Crippen MR) is 98.9 cm³/mol. The lowest BCUT2D eigenvalue weighted by atomic mass is 9.70. The molecular formula is C22H35N. The highest BCUT2D eigenvalue weighted by Crippen LogP contribution is 2.42. The highest BCUT2D eigenvalue weighted by Gasteiger charge is 2.28. The predicted octanol–water partition coefficient (Wildman–Crippen LogP) is 6.82. The maximum absolute atomic E-state index is 8.65. The first kappa shape index (κ1) is 18.3. The molecule has 0 bridgehead atoms. The third-order valence-corrected chi connectivity index (χ3v) is 6.33. The SMILES string of the molecule is C=C([C@H]1CC[C@H](/C=C/C#N)CC1)[C@H]1CC[C@H](CCCCC)CC1. The van der Waals surface area contributed by atoms with Gasteiger partial charge in [-0.3, -0.25) is 0 Å². The molecule has 0 radical (unpaired) electrons. The Kier molecular flexibility index (Phi) is 7.93. The van der Waals surface area contributed by atoms with E-state index in [-0.39, 0.29) is 0 Å². The highest BCUT2D eigenvalue weighted by atomic mass is 14.3. The average molecular weight is 314 g/mol. The Morgan fingerprint density at radius 2 is 1.61 bits per heavy atom. The van der Waals surface area contributed by atoms with Gasteiger partial charge in [0.15, 0.2) is 0 Å². The second kappa shape index (κ2) is 9.96. The quantitative estimate of drug-likeness (QED) is 0.287. The molecule has 0 spiro atoms. The molecule has 128 valence electrons. The van der Waals surface area contributed by atoms with Crippen LogP contribution in [0.2, 0.25) is 0 Å². The van der Waals surface area contributed by atoms with E-state index in [0.29, 0.717) is 5.92 Å². The van der Waals surface area contributed by atoms with Crippen molar-refractivity contribution in [1.29, 1.82) is 5.26 Å². The summed E-state index contributed by atoms with van der Waals surface area (Å²) in [5.41, 5.74) is 1.57. The van der Waals surface area contributed by atoms with Gasteiger partial charge in [0.25, 0.3) is 0 Å². The van der Waals surface area contributed by atoms with Crippen molar-refractivity contribution in [2.24, 2.45) is 23.7 Å². The maximum Gasteiger partial charge on any atom is 0.0908 e. The van der Waals surface area contributed by atoms with Gasteiger partial charge in [-0.15, -0.1) is 0 Å². The van der Waals surface area contributed by atoms with Crippen molar-refractivity contribution in [3.8, 4) is 6.07 Å². The Balaban J connectivity index is 1.69. The van der Waals surface area contributed by atoms with Crippen LogP contribution in [0.3, 0.4) is 0 Å². The summed E-state index contributed by atoms with van der Waals surface area (Å²) < 4.78 is 0. The van der Waals surface area contributed by atoms with Gasteiger partial charge in [-0.25, -0.2) is 0 Å². The van der Waals surface area contributed by atoms with E-state index < -0.39 is 0 Å². The molecule has 0 saturated heterocycles. The third kappa shape index (κ3) is 5.83. The van der Waals surface area contributed by atoms with Crippen molar-refractivity contribution in [3.05, 3.63) is 24.3 Å². The van der Waals surface area contributed by atoms with Crippen LogP contribution >= 0.6 is 0 Å². The van der Waals surface area contributed by atoms with Gasteiger partial charge in [0.1, 0.15) is 0 Å². The summed E-state index contributed by atoms with van der Waals surface area (Å²) in [6.45, 7) is 6.82. The van der Waals surface area contributed by atoms with E-state index >= 15 is 0 Å². The first-order chi connectivity index (χ1) is 11.2. The number of hydrogen-bond donors (Lipinski definition) is 0. The second-order valence-corrected chi connectivity index (χ2v) is 7.89. The van der Waals surface area contributed by atoms with Crippen molar-refractivity contribution in [2.45, 2.75) is 84.0 Å². The molecule has 1 heteroatoms. The number of nitriles is 1. The zero-order valence-electron chi connectivity index (χ0n) is 15.1. The molecule has 0 amide bonds. The van der Waals surface area contributed by atoms with Gasteiger partial charge in [-0.1, -0.05) is 50.8 Å². The Hall–Kier alpha value is -1.03. The molecule has 2 aliphatic rings. The van der Waals surface area contributed by atoms with Crippen LogP contribution in [0.5, 0.6) is 0 Å². The zero-order valence-corrected chi connectivity index (χ0v) is 15.1. The van der Waals surface area contributed by atoms with E-state index in [4.69, 9.17) is 5.26 Å². The smallest absolute Gasteiger partial charge is 0.0908 e. The molecule has 0 N–H and O–H groups in total. The fraction of sp³-hybridized carbons (Fsp3) is 0.773. The minimum Gasteiger partial charge on any atom is -0.193 e. The molecule has 0 heterocycles. The van der Waals surface area contributed by atoms with Gasteiger partial charge in [0.2, 0.25) is 0 Å². The molecular weight excluding hydrogens is 278 g/mol. The molecule has 0 aromatic carbocycles. The number of unbranched alkanes of at least 4 members (excludes halogenated alkanes) is 2. The zero-order chi connectivity index (χ0) is 16.5. The lowest BCUT2D eigenvalue weighted by molar-refractivity contribution is 0.253. The second-order valence-electron chi connectivity index (χ2n) is 7.89. The maximum atomic E-state index is 8.65. The molecule has 0 aliphatic heterocycles. The standard InChI is InChI=1S/C22H35N/c1-3-4-5-7-19-9-13-21(14-10-19)18(2)22-15-11-20(12-16-22)8-6-17-23/h6,8,19-22H,2-5,7,9-16H2,1H3/b8-6+/t19-,20-,21-,22-. The van der Waals surface area contributed by atoms with E-state index in [1.807, 2.05) is 0 Å². The monoisotopic (exact) mass is 313 g/mol. The van der Waals surface area contributed by atoms with Crippen molar-refractivity contribution >= 4 is 0 Å². The molecule has 0 aromatic rings. The molecule has 23 heavy (non-hydrogen) atoms. The molecule has 1 nitrogen and oxygen atoms in total. The fourth-order valence-corrected chi connectivity index (χ4v) is 4.70. The van der Waals surface area contributed by atoms with Crippen LogP contribution < -0.4 is 0 Å². The summed E-state index contributed by atoms with van der Waals surface area (Å²) in [7, 11) is 0. The molecule has 2 aliphatic carbocycles. The lowest BCUT2D eigenvalue weighted by Gasteiger charge is -2.35. The minimum absolute atomic E-state index is 0.632. The molecule has 0 aromatic heterocycles. The first-order valence-electron chi connectivity index (χ1n) is 9.99. The largest absolute Gasteiger partial charge is 0.193 e. The Morgan fingerprint density at radius 1 is 1.00 bits per heavy atom. The van der Waals surface area contributed by atoms with Crippen LogP contribution in [0.25, 0.3) is 0 Å². The topological polar surface area (TPSA) is 23.8 Å². The van der Waals surface area contributed by atoms with Crippen molar-refractivity contribution in [2.75, 3.05) is 0 Å². The van der Waals surface area contributed by atoms with Gasteiger partial charge in [-0.05, 0) is 75.0 Å². The molecule has 2 rings (SSSR count). The Bertz CT molecular complexity index is 412. The van der Waals surface area contributed by atoms with E-state index in [1.54, 1.807) is 11.6 Å². The van der Waals surface area contributed by atoms with Crippen molar-refractivity contribution in [3.63, 3.8) is 0 Å². The van der Waals surface area contributed by atoms with Crippen molar-refractivity contribution in [1.82, 2.24) is 0 Å². The molecule has 0 atom stereocenters. The molecule has 2 fully saturated rings. The number of nitrogens with zero attached hydrogens (tertiary/aromatic N) is 1. The van der Waals surface area contributed by atoms with Crippen LogP contribution in [0.1, 0.15) is 84.0 Å². The van der Waals surface area contributed by atoms with Crippen LogP contribution in [0.15, 0.2) is 24.3 Å². The number of allylic oxidation sites excluding steroid dienone is 3. The van der Waals surface area contributed by atoms with Crippen LogP contribution in [-0.2, 0) is 0 Å². The lowest BCUT2D eigenvalue weighted by Crippen LogP contribution is -2.22. The third-order valence-electron chi connectivity index (χ3n) is 6.33. The normalized spacial score (nSPS) is 31.8. The van der Waals surface area contributed by atoms with Gasteiger partial charge in [0.05, 0.1) is 6.07 Å². The van der Waals surface area contributed by atoms with Gasteiger partial charge < -0.3 is 0 Å². The Morgan fingerprint density at radius 3 is 2.17 bits per heavy atom. The van der Waals surface area contributed by atoms with Crippen LogP contribution in [0.4, 0.5) is 0 Å². The van der Waals surface area contributed by atoms with Crippen LogP contribution in [-0.4, -0.2) is 0 Å².